The van der Waals surface area contributed by atoms with Crippen molar-refractivity contribution in [2.45, 2.75) is 36.9 Å². The van der Waals surface area contributed by atoms with Gasteiger partial charge in [0.1, 0.15) is 0 Å². The van der Waals surface area contributed by atoms with E-state index in [1.54, 1.807) is 18.2 Å². The summed E-state index contributed by atoms with van der Waals surface area (Å²) in [4.78, 5) is 25.2. The molecule has 1 aliphatic heterocycles. The van der Waals surface area contributed by atoms with Crippen LogP contribution in [0.25, 0.3) is 0 Å². The normalized spacial score (nSPS) is 15.5. The summed E-state index contributed by atoms with van der Waals surface area (Å²) in [7, 11) is -3.71. The average molecular weight is 494 g/mol. The van der Waals surface area contributed by atoms with Gasteiger partial charge in [0.15, 0.2) is 0 Å². The number of sulfonamides is 1. The summed E-state index contributed by atoms with van der Waals surface area (Å²) in [6, 6.07) is 16.1. The molecule has 0 radical (unpaired) electrons. The van der Waals surface area contributed by atoms with Gasteiger partial charge in [-0.15, -0.1) is 11.3 Å². The van der Waals surface area contributed by atoms with Crippen molar-refractivity contribution in [2.24, 2.45) is 0 Å². The van der Waals surface area contributed by atoms with Crippen molar-refractivity contribution in [2.75, 3.05) is 5.32 Å². The molecule has 3 aromatic rings. The lowest BCUT2D eigenvalue weighted by atomic mass is 10.1. The lowest BCUT2D eigenvalue weighted by molar-refractivity contribution is -0.111. The number of rotatable bonds is 6. The molecular formula is C25H23N3O4S2. The molecule has 34 heavy (non-hydrogen) atoms. The summed E-state index contributed by atoms with van der Waals surface area (Å²) in [5.74, 6) is -0.509. The Morgan fingerprint density at radius 1 is 1.00 bits per heavy atom. The average Bonchev–Trinajstić information content (AvgIpc) is 3.51. The van der Waals surface area contributed by atoms with Crippen LogP contribution in [0.3, 0.4) is 0 Å². The summed E-state index contributed by atoms with van der Waals surface area (Å²) < 4.78 is 27.7. The maximum Gasteiger partial charge on any atom is 0.251 e. The van der Waals surface area contributed by atoms with Crippen LogP contribution in [0, 0.1) is 0 Å². The van der Waals surface area contributed by atoms with Gasteiger partial charge in [0, 0.05) is 29.6 Å². The number of anilines is 1. The summed E-state index contributed by atoms with van der Waals surface area (Å²) >= 11 is 1.36. The van der Waals surface area contributed by atoms with Crippen LogP contribution in [-0.4, -0.2) is 30.6 Å². The highest BCUT2D eigenvalue weighted by Gasteiger charge is 2.32. The molecule has 0 fully saturated rings. The van der Waals surface area contributed by atoms with Crippen LogP contribution in [0.5, 0.6) is 0 Å². The first kappa shape index (κ1) is 22.5. The van der Waals surface area contributed by atoms with E-state index in [-0.39, 0.29) is 35.8 Å². The van der Waals surface area contributed by atoms with E-state index in [1.807, 2.05) is 12.1 Å². The Morgan fingerprint density at radius 2 is 1.68 bits per heavy atom. The second-order valence-corrected chi connectivity index (χ2v) is 11.5. The highest BCUT2D eigenvalue weighted by molar-refractivity contribution is 7.89. The van der Waals surface area contributed by atoms with Crippen molar-refractivity contribution in [1.29, 1.82) is 0 Å². The van der Waals surface area contributed by atoms with Crippen molar-refractivity contribution in [3.05, 3.63) is 94.4 Å². The van der Waals surface area contributed by atoms with Gasteiger partial charge in [-0.1, -0.05) is 30.8 Å². The first-order valence-electron chi connectivity index (χ1n) is 10.9. The molecule has 2 aromatic carbocycles. The predicted octanol–water partition coefficient (Wildman–Crippen LogP) is 3.47. The Kier molecular flexibility index (Phi) is 5.85. The third kappa shape index (κ3) is 4.29. The van der Waals surface area contributed by atoms with Crippen LogP contribution < -0.4 is 10.6 Å². The third-order valence-electron chi connectivity index (χ3n) is 6.14. The third-order valence-corrected chi connectivity index (χ3v) is 9.02. The number of fused-ring (bicyclic) bond motifs is 2. The van der Waals surface area contributed by atoms with E-state index in [9.17, 15) is 18.0 Å². The number of carbonyl (C=O) groups excluding carboxylic acids is 2. The van der Waals surface area contributed by atoms with Gasteiger partial charge in [0.2, 0.25) is 15.9 Å². The molecule has 0 unspecified atom stereocenters. The maximum atomic E-state index is 13.1. The van der Waals surface area contributed by atoms with Crippen LogP contribution in [0.4, 0.5) is 5.00 Å². The van der Waals surface area contributed by atoms with Gasteiger partial charge in [0.25, 0.3) is 5.91 Å². The van der Waals surface area contributed by atoms with Crippen molar-refractivity contribution in [1.82, 2.24) is 9.62 Å². The minimum Gasteiger partial charge on any atom is -0.349 e. The number of nitrogens with one attached hydrogen (secondary N) is 2. The molecule has 2 N–H and O–H groups in total. The highest BCUT2D eigenvalue weighted by atomic mass is 32.2. The Morgan fingerprint density at radius 3 is 2.29 bits per heavy atom. The zero-order valence-electron chi connectivity index (χ0n) is 18.3. The molecule has 0 saturated carbocycles. The molecule has 0 atom stereocenters. The fourth-order valence-corrected chi connectivity index (χ4v) is 6.96. The monoisotopic (exact) mass is 493 g/mol. The summed E-state index contributed by atoms with van der Waals surface area (Å²) in [6.07, 6.45) is 2.79. The van der Waals surface area contributed by atoms with Crippen molar-refractivity contribution in [3.8, 4) is 0 Å². The van der Waals surface area contributed by atoms with Gasteiger partial charge in [0.05, 0.1) is 9.90 Å². The molecule has 1 aromatic heterocycles. The first-order valence-corrected chi connectivity index (χ1v) is 13.1. The van der Waals surface area contributed by atoms with Crippen LogP contribution in [-0.2, 0) is 40.7 Å². The van der Waals surface area contributed by atoms with Gasteiger partial charge in [-0.3, -0.25) is 9.59 Å². The van der Waals surface area contributed by atoms with E-state index in [4.69, 9.17) is 0 Å². The number of nitrogens with zero attached hydrogens (tertiary/aromatic N) is 1. The van der Waals surface area contributed by atoms with E-state index < -0.39 is 10.0 Å². The Bertz CT molecular complexity index is 1350. The highest BCUT2D eigenvalue weighted by Crippen LogP contribution is 2.36. The van der Waals surface area contributed by atoms with Crippen LogP contribution in [0.15, 0.2) is 72.1 Å². The van der Waals surface area contributed by atoms with E-state index in [2.05, 4.69) is 29.3 Å². The number of hydrogen-bond acceptors (Lipinski definition) is 5. The molecule has 0 bridgehead atoms. The smallest absolute Gasteiger partial charge is 0.251 e. The summed E-state index contributed by atoms with van der Waals surface area (Å²) in [6.45, 7) is 3.91. The minimum atomic E-state index is -3.71. The molecule has 5 rings (SSSR count). The van der Waals surface area contributed by atoms with Gasteiger partial charge in [-0.25, -0.2) is 8.42 Å². The number of thiophene rings is 1. The molecule has 2 aliphatic rings. The predicted molar refractivity (Wildman–Crippen MR) is 131 cm³/mol. The van der Waals surface area contributed by atoms with Gasteiger partial charge < -0.3 is 10.6 Å². The number of benzene rings is 2. The zero-order chi connectivity index (χ0) is 23.9. The number of amides is 2. The molecule has 0 saturated heterocycles. The molecule has 2 heterocycles. The quantitative estimate of drug-likeness (QED) is 0.514. The molecule has 7 nitrogen and oxygen atoms in total. The molecular weight excluding hydrogens is 470 g/mol. The number of hydrogen-bond donors (Lipinski definition) is 2. The Labute approximate surface area is 202 Å². The van der Waals surface area contributed by atoms with Gasteiger partial charge in [-0.05, 0) is 65.9 Å². The van der Waals surface area contributed by atoms with Crippen molar-refractivity contribution < 1.29 is 18.0 Å². The second kappa shape index (κ2) is 8.83. The zero-order valence-corrected chi connectivity index (χ0v) is 19.9. The molecule has 9 heteroatoms. The second-order valence-electron chi connectivity index (χ2n) is 8.40. The topological polar surface area (TPSA) is 95.6 Å². The van der Waals surface area contributed by atoms with Crippen molar-refractivity contribution in [3.63, 3.8) is 0 Å². The van der Waals surface area contributed by atoms with Crippen LogP contribution >= 0.6 is 11.3 Å². The molecule has 2 amide bonds. The van der Waals surface area contributed by atoms with Crippen LogP contribution in [0.1, 0.15) is 31.9 Å². The first-order chi connectivity index (χ1) is 16.3. The molecule has 1 aliphatic carbocycles. The summed E-state index contributed by atoms with van der Waals surface area (Å²) in [5.41, 5.74) is 3.81. The number of carbonyl (C=O) groups is 2. The maximum absolute atomic E-state index is 13.1. The van der Waals surface area contributed by atoms with E-state index in [0.717, 1.165) is 23.3 Å². The summed E-state index contributed by atoms with van der Waals surface area (Å²) in [5, 5.41) is 6.44. The Hall–Kier alpha value is -3.27. The van der Waals surface area contributed by atoms with Gasteiger partial charge in [-0.2, -0.15) is 4.31 Å². The lowest BCUT2D eigenvalue weighted by Crippen LogP contribution is -2.35. The van der Waals surface area contributed by atoms with E-state index in [0.29, 0.717) is 10.6 Å². The lowest BCUT2D eigenvalue weighted by Gasteiger charge is -2.16. The fraction of sp³-hybridized carbons (Fsp3) is 0.200. The minimum absolute atomic E-state index is 0.0399. The standard InChI is InChI=1S/C25H23N3O4S2/c1-2-23(29)27-24-13-19-14-28(15-22(19)33-24)34(31,32)21-9-7-16(8-10-21)25(30)26-20-11-17-5-3-4-6-18(17)12-20/h2-10,13,20H,1,11-12,14-15H2,(H,26,30)(H,27,29). The van der Waals surface area contributed by atoms with Gasteiger partial charge >= 0.3 is 0 Å². The Balaban J connectivity index is 1.23. The largest absolute Gasteiger partial charge is 0.349 e. The fourth-order valence-electron chi connectivity index (χ4n) is 4.40. The van der Waals surface area contributed by atoms with Crippen molar-refractivity contribution >= 4 is 38.2 Å². The molecule has 174 valence electrons. The van der Waals surface area contributed by atoms with E-state index in [1.165, 1.54) is 45.0 Å². The SMILES string of the molecule is C=CC(=O)Nc1cc2c(s1)CN(S(=O)(=O)c1ccc(C(=O)NC3Cc4ccccc4C3)cc1)C2. The van der Waals surface area contributed by atoms with Crippen LogP contribution in [0.2, 0.25) is 0 Å². The van der Waals surface area contributed by atoms with E-state index >= 15 is 0 Å². The molecule has 0 spiro atoms.